The Hall–Kier alpha value is -8.41. The third-order valence-electron chi connectivity index (χ3n) is 12.0. The van der Waals surface area contributed by atoms with Crippen molar-refractivity contribution in [2.24, 2.45) is 0 Å². The molecule has 0 N–H and O–H groups in total. The number of nitrogens with zero attached hydrogens (tertiary/aromatic N) is 5. The van der Waals surface area contributed by atoms with Crippen molar-refractivity contribution < 1.29 is 0 Å². The van der Waals surface area contributed by atoms with Gasteiger partial charge in [-0.05, 0) is 82.9 Å². The van der Waals surface area contributed by atoms with E-state index in [0.29, 0.717) is 17.5 Å². The molecule has 0 saturated heterocycles. The van der Waals surface area contributed by atoms with Gasteiger partial charge < -0.3 is 9.13 Å². The van der Waals surface area contributed by atoms with Crippen molar-refractivity contribution in [3.05, 3.63) is 224 Å². The van der Waals surface area contributed by atoms with Gasteiger partial charge in [-0.25, -0.2) is 15.0 Å². The van der Waals surface area contributed by atoms with Crippen LogP contribution >= 0.6 is 0 Å². The number of para-hydroxylation sites is 2. The van der Waals surface area contributed by atoms with Crippen molar-refractivity contribution in [1.82, 2.24) is 24.1 Å². The first-order valence-electron chi connectivity index (χ1n) is 20.9. The highest BCUT2D eigenvalue weighted by Gasteiger charge is 2.18. The molecular weight excluding hydrogens is 755 g/mol. The average molecular weight is 792 g/mol. The van der Waals surface area contributed by atoms with Crippen LogP contribution in [-0.2, 0) is 0 Å². The number of benzene rings is 9. The SMILES string of the molecule is c1ccc(-c2ccc(-n3c4ccccc4c4ccc(-c5ccc6c7ccccc7n(-c7ccc(-c8nc(-c9ccccc9)nc(-c9ccccc9)n8)cc7)c6c5)cc43)cc2)cc1. The molecule has 5 nitrogen and oxygen atoms in total. The molecule has 0 spiro atoms. The Morgan fingerprint density at radius 1 is 0.226 bits per heavy atom. The van der Waals surface area contributed by atoms with Gasteiger partial charge in [0.05, 0.1) is 22.1 Å². The van der Waals surface area contributed by atoms with Crippen molar-refractivity contribution in [2.75, 3.05) is 0 Å². The van der Waals surface area contributed by atoms with Gasteiger partial charge in [0.1, 0.15) is 0 Å². The predicted octanol–water partition coefficient (Wildman–Crippen LogP) is 14.4. The van der Waals surface area contributed by atoms with E-state index in [1.165, 1.54) is 43.7 Å². The van der Waals surface area contributed by atoms with E-state index in [1.807, 2.05) is 60.7 Å². The molecule has 0 fully saturated rings. The Kier molecular flexibility index (Phi) is 8.42. The number of rotatable bonds is 7. The Balaban J connectivity index is 0.967. The fourth-order valence-corrected chi connectivity index (χ4v) is 8.99. The zero-order valence-electron chi connectivity index (χ0n) is 33.6. The fraction of sp³-hybridized carbons (Fsp3) is 0. The van der Waals surface area contributed by atoms with Crippen LogP contribution < -0.4 is 0 Å². The summed E-state index contributed by atoms with van der Waals surface area (Å²) >= 11 is 0. The molecule has 12 aromatic rings. The molecule has 62 heavy (non-hydrogen) atoms. The van der Waals surface area contributed by atoms with E-state index in [4.69, 9.17) is 15.0 Å². The van der Waals surface area contributed by atoms with Gasteiger partial charge in [0.25, 0.3) is 0 Å². The molecule has 0 unspecified atom stereocenters. The first-order chi connectivity index (χ1) is 30.7. The molecule has 5 heteroatoms. The predicted molar refractivity (Wildman–Crippen MR) is 256 cm³/mol. The minimum Gasteiger partial charge on any atom is -0.309 e. The second kappa shape index (κ2) is 14.7. The quantitative estimate of drug-likeness (QED) is 0.162. The van der Waals surface area contributed by atoms with Crippen LogP contribution in [0.5, 0.6) is 0 Å². The minimum absolute atomic E-state index is 0.633. The Bertz CT molecular complexity index is 3530. The van der Waals surface area contributed by atoms with E-state index in [2.05, 4.69) is 173 Å². The van der Waals surface area contributed by atoms with Crippen molar-refractivity contribution in [2.45, 2.75) is 0 Å². The molecule has 0 aliphatic carbocycles. The molecule has 3 aromatic heterocycles. The lowest BCUT2D eigenvalue weighted by atomic mass is 10.0. The lowest BCUT2D eigenvalue weighted by molar-refractivity contribution is 1.07. The zero-order valence-corrected chi connectivity index (χ0v) is 33.6. The highest BCUT2D eigenvalue weighted by atomic mass is 15.0. The molecular formula is C57H37N5. The first-order valence-corrected chi connectivity index (χ1v) is 20.9. The lowest BCUT2D eigenvalue weighted by Crippen LogP contribution is -2.00. The smallest absolute Gasteiger partial charge is 0.164 e. The summed E-state index contributed by atoms with van der Waals surface area (Å²) in [4.78, 5) is 14.9. The van der Waals surface area contributed by atoms with Crippen molar-refractivity contribution in [3.8, 4) is 67.8 Å². The van der Waals surface area contributed by atoms with E-state index >= 15 is 0 Å². The van der Waals surface area contributed by atoms with Gasteiger partial charge in [-0.15, -0.1) is 0 Å². The van der Waals surface area contributed by atoms with E-state index in [-0.39, 0.29) is 0 Å². The summed E-state index contributed by atoms with van der Waals surface area (Å²) in [6, 6.07) is 79.5. The summed E-state index contributed by atoms with van der Waals surface area (Å²) in [5.74, 6) is 1.93. The van der Waals surface area contributed by atoms with Crippen LogP contribution in [0, 0.1) is 0 Å². The van der Waals surface area contributed by atoms with E-state index in [0.717, 1.165) is 50.2 Å². The van der Waals surface area contributed by atoms with Gasteiger partial charge in [-0.3, -0.25) is 0 Å². The second-order valence-corrected chi connectivity index (χ2v) is 15.7. The van der Waals surface area contributed by atoms with Gasteiger partial charge in [0, 0.05) is 49.6 Å². The maximum Gasteiger partial charge on any atom is 0.164 e. The fourth-order valence-electron chi connectivity index (χ4n) is 8.99. The molecule has 0 saturated carbocycles. The normalized spacial score (nSPS) is 11.5. The largest absolute Gasteiger partial charge is 0.309 e. The summed E-state index contributed by atoms with van der Waals surface area (Å²) in [5.41, 5.74) is 14.4. The lowest BCUT2D eigenvalue weighted by Gasteiger charge is -2.12. The van der Waals surface area contributed by atoms with Crippen molar-refractivity contribution >= 4 is 43.6 Å². The van der Waals surface area contributed by atoms with E-state index in [1.54, 1.807) is 0 Å². The van der Waals surface area contributed by atoms with Gasteiger partial charge in [0.15, 0.2) is 17.5 Å². The average Bonchev–Trinajstić information content (AvgIpc) is 3.87. The topological polar surface area (TPSA) is 48.5 Å². The van der Waals surface area contributed by atoms with Gasteiger partial charge in [0.2, 0.25) is 0 Å². The van der Waals surface area contributed by atoms with Crippen LogP contribution in [0.1, 0.15) is 0 Å². The van der Waals surface area contributed by atoms with Crippen LogP contribution in [0.2, 0.25) is 0 Å². The Morgan fingerprint density at radius 3 is 0.968 bits per heavy atom. The molecule has 12 rings (SSSR count). The molecule has 0 amide bonds. The van der Waals surface area contributed by atoms with Gasteiger partial charge in [-0.2, -0.15) is 0 Å². The van der Waals surface area contributed by atoms with Crippen LogP contribution in [-0.4, -0.2) is 24.1 Å². The summed E-state index contributed by atoms with van der Waals surface area (Å²) < 4.78 is 4.78. The van der Waals surface area contributed by atoms with E-state index < -0.39 is 0 Å². The summed E-state index contributed by atoms with van der Waals surface area (Å²) in [7, 11) is 0. The van der Waals surface area contributed by atoms with Crippen LogP contribution in [0.15, 0.2) is 224 Å². The molecule has 290 valence electrons. The third-order valence-corrected chi connectivity index (χ3v) is 12.0. The number of fused-ring (bicyclic) bond motifs is 6. The highest BCUT2D eigenvalue weighted by Crippen LogP contribution is 2.39. The molecule has 9 aromatic carbocycles. The van der Waals surface area contributed by atoms with Crippen molar-refractivity contribution in [3.63, 3.8) is 0 Å². The Morgan fingerprint density at radius 2 is 0.532 bits per heavy atom. The van der Waals surface area contributed by atoms with Crippen LogP contribution in [0.3, 0.4) is 0 Å². The highest BCUT2D eigenvalue weighted by molar-refractivity contribution is 6.12. The van der Waals surface area contributed by atoms with Gasteiger partial charge >= 0.3 is 0 Å². The second-order valence-electron chi connectivity index (χ2n) is 15.7. The summed E-state index contributed by atoms with van der Waals surface area (Å²) in [6.45, 7) is 0. The van der Waals surface area contributed by atoms with Crippen LogP contribution in [0.4, 0.5) is 0 Å². The zero-order chi connectivity index (χ0) is 41.0. The molecule has 3 heterocycles. The number of hydrogen-bond acceptors (Lipinski definition) is 3. The monoisotopic (exact) mass is 791 g/mol. The summed E-state index contributed by atoms with van der Waals surface area (Å²) in [6.07, 6.45) is 0. The standard InChI is InChI=1S/C57H37N5/c1-4-14-38(15-5-1)39-24-30-45(31-25-39)61-51-22-12-10-20-47(51)49-34-28-43(36-53(49)61)44-29-35-50-48-21-11-13-23-52(48)62(54(50)37-44)46-32-26-42(27-33-46)57-59-55(40-16-6-2-7-17-40)58-56(60-57)41-18-8-3-9-19-41/h1-37H. The molecule has 0 aliphatic heterocycles. The van der Waals surface area contributed by atoms with Crippen molar-refractivity contribution in [1.29, 1.82) is 0 Å². The van der Waals surface area contributed by atoms with Gasteiger partial charge in [-0.1, -0.05) is 164 Å². The summed E-state index contributed by atoms with van der Waals surface area (Å²) in [5, 5.41) is 4.89. The molecule has 0 atom stereocenters. The third kappa shape index (κ3) is 6.06. The minimum atomic E-state index is 0.633. The van der Waals surface area contributed by atoms with E-state index in [9.17, 15) is 0 Å². The Labute approximate surface area is 358 Å². The molecule has 0 radical (unpaired) electrons. The maximum absolute atomic E-state index is 4.98. The molecule has 0 bridgehead atoms. The first kappa shape index (κ1) is 35.5. The number of hydrogen-bond donors (Lipinski definition) is 0. The maximum atomic E-state index is 4.98. The van der Waals surface area contributed by atoms with Crippen LogP contribution in [0.25, 0.3) is 111 Å². The number of aromatic nitrogens is 5. The molecule has 0 aliphatic rings.